The molecule has 1 atom stereocenters. The van der Waals surface area contributed by atoms with Gasteiger partial charge in [-0.15, -0.1) is 0 Å². The Morgan fingerprint density at radius 1 is 0.966 bits per heavy atom. The van der Waals surface area contributed by atoms with Crippen LogP contribution < -0.4 is 4.90 Å². The summed E-state index contributed by atoms with van der Waals surface area (Å²) in [5.41, 5.74) is 0.303. The smallest absolute Gasteiger partial charge is 0.327 e. The van der Waals surface area contributed by atoms with E-state index in [4.69, 9.17) is 4.74 Å². The van der Waals surface area contributed by atoms with Crippen LogP contribution in [0.2, 0.25) is 0 Å². The van der Waals surface area contributed by atoms with Crippen LogP contribution in [-0.2, 0) is 26.2 Å². The van der Waals surface area contributed by atoms with E-state index < -0.39 is 17.0 Å². The lowest BCUT2D eigenvalue weighted by atomic mass is 9.76. The summed E-state index contributed by atoms with van der Waals surface area (Å²) in [6.45, 7) is 5.47. The van der Waals surface area contributed by atoms with Crippen LogP contribution in [0.15, 0.2) is 66.7 Å². The van der Waals surface area contributed by atoms with Gasteiger partial charge in [0.2, 0.25) is 5.91 Å². The maximum absolute atomic E-state index is 13.5. The summed E-state index contributed by atoms with van der Waals surface area (Å²) >= 11 is 0. The third-order valence-electron chi connectivity index (χ3n) is 5.43. The lowest BCUT2D eigenvalue weighted by Gasteiger charge is -2.30. The number of nitrogens with zero attached hydrogens (tertiary/aromatic N) is 1. The molecule has 3 aromatic rings. The van der Waals surface area contributed by atoms with E-state index in [9.17, 15) is 9.59 Å². The molecule has 4 heteroatoms. The molecule has 0 bridgehead atoms. The summed E-state index contributed by atoms with van der Waals surface area (Å²) in [7, 11) is 1.72. The van der Waals surface area contributed by atoms with Crippen molar-refractivity contribution < 1.29 is 14.3 Å². The SMILES string of the molecule is CN1C(=O)C(Cc2ccc3ccccc3c2)(C(=O)OC(C)(C)C)c2ccccc21. The van der Waals surface area contributed by atoms with Gasteiger partial charge in [0, 0.05) is 24.7 Å². The Morgan fingerprint density at radius 3 is 2.34 bits per heavy atom. The molecule has 1 unspecified atom stereocenters. The van der Waals surface area contributed by atoms with Crippen LogP contribution in [0, 0.1) is 0 Å². The van der Waals surface area contributed by atoms with Crippen molar-refractivity contribution in [3.63, 3.8) is 0 Å². The average molecular weight is 387 g/mol. The Morgan fingerprint density at radius 2 is 1.62 bits per heavy atom. The van der Waals surface area contributed by atoms with Gasteiger partial charge in [0.05, 0.1) is 0 Å². The molecule has 1 aliphatic heterocycles. The molecule has 0 saturated carbocycles. The maximum atomic E-state index is 13.5. The van der Waals surface area contributed by atoms with E-state index in [0.717, 1.165) is 22.0 Å². The lowest BCUT2D eigenvalue weighted by Crippen LogP contribution is -2.49. The van der Waals surface area contributed by atoms with Crippen LogP contribution in [0.4, 0.5) is 5.69 Å². The van der Waals surface area contributed by atoms with Crippen molar-refractivity contribution in [3.8, 4) is 0 Å². The molecule has 0 aromatic heterocycles. The van der Waals surface area contributed by atoms with E-state index in [0.29, 0.717) is 5.56 Å². The number of benzene rings is 3. The first-order valence-electron chi connectivity index (χ1n) is 9.81. The van der Waals surface area contributed by atoms with Crippen LogP contribution in [0.25, 0.3) is 10.8 Å². The third kappa shape index (κ3) is 3.19. The molecule has 1 heterocycles. The lowest BCUT2D eigenvalue weighted by molar-refractivity contribution is -0.164. The van der Waals surface area contributed by atoms with Gasteiger partial charge in [0.15, 0.2) is 5.41 Å². The molecule has 148 valence electrons. The summed E-state index contributed by atoms with van der Waals surface area (Å²) in [4.78, 5) is 28.6. The van der Waals surface area contributed by atoms with Crippen molar-refractivity contribution in [3.05, 3.63) is 77.9 Å². The van der Waals surface area contributed by atoms with Gasteiger partial charge in [0.1, 0.15) is 5.60 Å². The van der Waals surface area contributed by atoms with Crippen LogP contribution in [0.1, 0.15) is 31.9 Å². The molecule has 4 rings (SSSR count). The zero-order valence-corrected chi connectivity index (χ0v) is 17.2. The molecule has 1 aliphatic rings. The predicted molar refractivity (Wildman–Crippen MR) is 115 cm³/mol. The highest BCUT2D eigenvalue weighted by Crippen LogP contribution is 2.45. The van der Waals surface area contributed by atoms with Crippen molar-refractivity contribution in [1.29, 1.82) is 0 Å². The Hall–Kier alpha value is -3.14. The highest BCUT2D eigenvalue weighted by molar-refractivity contribution is 6.20. The first-order valence-corrected chi connectivity index (χ1v) is 9.81. The summed E-state index contributed by atoms with van der Waals surface area (Å²) in [5.74, 6) is -0.749. The number of hydrogen-bond donors (Lipinski definition) is 0. The molecule has 3 aromatic carbocycles. The number of esters is 1. The number of ether oxygens (including phenoxy) is 1. The van der Waals surface area contributed by atoms with Crippen molar-refractivity contribution in [1.82, 2.24) is 0 Å². The number of amides is 1. The Balaban J connectivity index is 1.87. The number of fused-ring (bicyclic) bond motifs is 2. The van der Waals surface area contributed by atoms with Crippen molar-refractivity contribution in [2.45, 2.75) is 38.2 Å². The molecule has 0 aliphatic carbocycles. The van der Waals surface area contributed by atoms with Crippen molar-refractivity contribution >= 4 is 28.3 Å². The van der Waals surface area contributed by atoms with Gasteiger partial charge in [0.25, 0.3) is 0 Å². The number of anilines is 1. The van der Waals surface area contributed by atoms with E-state index in [1.807, 2.05) is 81.4 Å². The third-order valence-corrected chi connectivity index (χ3v) is 5.43. The van der Waals surface area contributed by atoms with Crippen molar-refractivity contribution in [2.24, 2.45) is 0 Å². The van der Waals surface area contributed by atoms with E-state index >= 15 is 0 Å². The fourth-order valence-electron chi connectivity index (χ4n) is 4.10. The summed E-state index contributed by atoms with van der Waals surface area (Å²) < 4.78 is 5.77. The standard InChI is InChI=1S/C25H25NO3/c1-24(2,3)29-23(28)25(20-11-7-8-12-21(20)26(4)22(25)27)16-17-13-14-18-9-5-6-10-19(18)15-17/h5-15H,16H2,1-4H3. The van der Waals surface area contributed by atoms with Gasteiger partial charge in [-0.2, -0.15) is 0 Å². The van der Waals surface area contributed by atoms with Gasteiger partial charge in [-0.3, -0.25) is 9.59 Å². The zero-order valence-electron chi connectivity index (χ0n) is 17.2. The molecule has 4 nitrogen and oxygen atoms in total. The minimum Gasteiger partial charge on any atom is -0.459 e. The van der Waals surface area contributed by atoms with Gasteiger partial charge < -0.3 is 9.64 Å². The zero-order chi connectivity index (χ0) is 20.8. The normalized spacial score (nSPS) is 18.8. The number of carbonyl (C=O) groups excluding carboxylic acids is 2. The second-order valence-corrected chi connectivity index (χ2v) is 8.65. The Kier molecular flexibility index (Phi) is 4.45. The molecular weight excluding hydrogens is 362 g/mol. The molecule has 1 amide bonds. The molecule has 0 spiro atoms. The largest absolute Gasteiger partial charge is 0.459 e. The Labute approximate surface area is 171 Å². The fourth-order valence-corrected chi connectivity index (χ4v) is 4.10. The van der Waals surface area contributed by atoms with Crippen LogP contribution in [0.3, 0.4) is 0 Å². The average Bonchev–Trinajstić information content (AvgIpc) is 2.90. The number of likely N-dealkylation sites (N-methyl/N-ethyl adjacent to an activating group) is 1. The van der Waals surface area contributed by atoms with E-state index in [-0.39, 0.29) is 12.3 Å². The van der Waals surface area contributed by atoms with Gasteiger partial charge in [-0.25, -0.2) is 0 Å². The maximum Gasteiger partial charge on any atom is 0.327 e. The first kappa shape index (κ1) is 19.2. The molecule has 0 N–H and O–H groups in total. The molecular formula is C25H25NO3. The molecule has 0 radical (unpaired) electrons. The highest BCUT2D eigenvalue weighted by Gasteiger charge is 2.57. The minimum atomic E-state index is -1.39. The monoisotopic (exact) mass is 387 g/mol. The second-order valence-electron chi connectivity index (χ2n) is 8.65. The number of hydrogen-bond acceptors (Lipinski definition) is 3. The fraction of sp³-hybridized carbons (Fsp3) is 0.280. The quantitative estimate of drug-likeness (QED) is 0.486. The van der Waals surface area contributed by atoms with Gasteiger partial charge >= 0.3 is 5.97 Å². The summed E-state index contributed by atoms with van der Waals surface area (Å²) in [5, 5.41) is 2.20. The van der Waals surface area contributed by atoms with Gasteiger partial charge in [-0.05, 0) is 43.2 Å². The number of rotatable bonds is 3. The highest BCUT2D eigenvalue weighted by atomic mass is 16.6. The topological polar surface area (TPSA) is 46.6 Å². The second kappa shape index (κ2) is 6.73. The van der Waals surface area contributed by atoms with Gasteiger partial charge in [-0.1, -0.05) is 60.7 Å². The molecule has 0 fully saturated rings. The molecule has 29 heavy (non-hydrogen) atoms. The predicted octanol–water partition coefficient (Wildman–Crippen LogP) is 4.64. The Bertz CT molecular complexity index is 1110. The van der Waals surface area contributed by atoms with Crippen LogP contribution in [-0.4, -0.2) is 24.5 Å². The van der Waals surface area contributed by atoms with E-state index in [2.05, 4.69) is 6.07 Å². The van der Waals surface area contributed by atoms with Crippen LogP contribution in [0.5, 0.6) is 0 Å². The summed E-state index contributed by atoms with van der Waals surface area (Å²) in [6, 6.07) is 21.6. The number of para-hydroxylation sites is 1. The van der Waals surface area contributed by atoms with E-state index in [1.54, 1.807) is 11.9 Å². The van der Waals surface area contributed by atoms with Crippen LogP contribution >= 0.6 is 0 Å². The summed E-state index contributed by atoms with van der Waals surface area (Å²) in [6.07, 6.45) is 0.257. The number of carbonyl (C=O) groups is 2. The van der Waals surface area contributed by atoms with Crippen molar-refractivity contribution in [2.75, 3.05) is 11.9 Å². The van der Waals surface area contributed by atoms with E-state index in [1.165, 1.54) is 0 Å². The minimum absolute atomic E-state index is 0.249. The first-order chi connectivity index (χ1) is 13.7. The molecule has 0 saturated heterocycles.